The van der Waals surface area contributed by atoms with Gasteiger partial charge < -0.3 is 20.3 Å². The van der Waals surface area contributed by atoms with Gasteiger partial charge >= 0.3 is 0 Å². The first-order valence-electron chi connectivity index (χ1n) is 10.2. The predicted octanol–water partition coefficient (Wildman–Crippen LogP) is 2.26. The van der Waals surface area contributed by atoms with Crippen LogP contribution >= 0.6 is 0 Å². The summed E-state index contributed by atoms with van der Waals surface area (Å²) in [6.07, 6.45) is 0.821. The minimum atomic E-state index is -0.417. The zero-order chi connectivity index (χ0) is 20.6. The Morgan fingerprint density at radius 1 is 1.17 bits per heavy atom. The molecule has 1 aliphatic heterocycles. The lowest BCUT2D eigenvalue weighted by Gasteiger charge is -2.37. The van der Waals surface area contributed by atoms with Crippen molar-refractivity contribution in [3.8, 4) is 5.75 Å². The first-order chi connectivity index (χ1) is 14.1. The molecule has 0 bridgehead atoms. The predicted molar refractivity (Wildman–Crippen MR) is 111 cm³/mol. The molecule has 1 aliphatic rings. The highest BCUT2D eigenvalue weighted by Crippen LogP contribution is 2.20. The van der Waals surface area contributed by atoms with Crippen LogP contribution in [0.5, 0.6) is 5.75 Å². The number of rotatable bonds is 8. The second kappa shape index (κ2) is 10.4. The number of ether oxygens (including phenoxy) is 1. The normalized spacial score (nSPS) is 20.8. The summed E-state index contributed by atoms with van der Waals surface area (Å²) in [6, 6.07) is 16.7. The van der Waals surface area contributed by atoms with Gasteiger partial charge in [-0.2, -0.15) is 0 Å². The first kappa shape index (κ1) is 21.3. The Morgan fingerprint density at radius 2 is 1.90 bits per heavy atom. The maximum atomic E-state index is 12.9. The molecule has 6 nitrogen and oxygen atoms in total. The van der Waals surface area contributed by atoms with Gasteiger partial charge in [0.15, 0.2) is 0 Å². The Morgan fingerprint density at radius 3 is 2.59 bits per heavy atom. The maximum absolute atomic E-state index is 12.9. The van der Waals surface area contributed by atoms with Crippen LogP contribution in [-0.4, -0.2) is 52.9 Å². The van der Waals surface area contributed by atoms with Crippen molar-refractivity contribution in [2.24, 2.45) is 0 Å². The van der Waals surface area contributed by atoms with E-state index in [2.05, 4.69) is 5.32 Å². The summed E-state index contributed by atoms with van der Waals surface area (Å²) in [4.78, 5) is 14.9. The molecule has 3 atom stereocenters. The van der Waals surface area contributed by atoms with Crippen molar-refractivity contribution in [1.29, 1.82) is 0 Å². The third-order valence-corrected chi connectivity index (χ3v) is 5.37. The van der Waals surface area contributed by atoms with Gasteiger partial charge in [-0.15, -0.1) is 0 Å². The van der Waals surface area contributed by atoms with E-state index in [1.165, 1.54) is 0 Å². The fourth-order valence-corrected chi connectivity index (χ4v) is 3.67. The molecule has 29 heavy (non-hydrogen) atoms. The van der Waals surface area contributed by atoms with Crippen LogP contribution in [0.4, 0.5) is 0 Å². The Labute approximate surface area is 172 Å². The zero-order valence-corrected chi connectivity index (χ0v) is 16.8. The Balaban J connectivity index is 1.56. The molecule has 6 heteroatoms. The number of nitrogens with zero attached hydrogens (tertiary/aromatic N) is 1. The van der Waals surface area contributed by atoms with E-state index < -0.39 is 6.10 Å². The molecule has 2 aromatic carbocycles. The Kier molecular flexibility index (Phi) is 7.63. The fraction of sp³-hybridized carbons (Fsp3) is 0.435. The first-order valence-corrected chi connectivity index (χ1v) is 10.2. The molecule has 0 aromatic heterocycles. The molecule has 0 unspecified atom stereocenters. The van der Waals surface area contributed by atoms with Crippen LogP contribution < -0.4 is 10.1 Å². The summed E-state index contributed by atoms with van der Waals surface area (Å²) >= 11 is 0. The second-order valence-corrected chi connectivity index (χ2v) is 7.53. The van der Waals surface area contributed by atoms with Crippen LogP contribution in [0.3, 0.4) is 0 Å². The molecule has 156 valence electrons. The summed E-state index contributed by atoms with van der Waals surface area (Å²) in [7, 11) is 0. The summed E-state index contributed by atoms with van der Waals surface area (Å²) in [5.74, 6) is 0.765. The standard InChI is InChI=1S/C23H30N2O4/c1-17(19-9-7-18(16-26)8-10-19)24-23(28)22-12-11-20(27)15-25(22)13-14-29-21-5-3-2-4-6-21/h2-10,17,20,22,26-27H,11-16H2,1H3,(H,24,28)/t17-,20-,22+/m0/s1. The largest absolute Gasteiger partial charge is 0.492 e. The van der Waals surface area contributed by atoms with Crippen LogP contribution in [0.2, 0.25) is 0 Å². The molecule has 0 aliphatic carbocycles. The highest BCUT2D eigenvalue weighted by atomic mass is 16.5. The van der Waals surface area contributed by atoms with E-state index in [1.54, 1.807) is 0 Å². The summed E-state index contributed by atoms with van der Waals surface area (Å²) in [5.41, 5.74) is 1.84. The van der Waals surface area contributed by atoms with Gasteiger partial charge in [0.2, 0.25) is 5.91 Å². The van der Waals surface area contributed by atoms with Gasteiger partial charge in [0, 0.05) is 13.1 Å². The fourth-order valence-electron chi connectivity index (χ4n) is 3.67. The lowest BCUT2D eigenvalue weighted by Crippen LogP contribution is -2.54. The summed E-state index contributed by atoms with van der Waals surface area (Å²) < 4.78 is 5.77. The van der Waals surface area contributed by atoms with E-state index in [0.717, 1.165) is 16.9 Å². The van der Waals surface area contributed by atoms with Gasteiger partial charge in [0.05, 0.1) is 24.8 Å². The number of β-amino-alcohol motifs (C(OH)–C–C–N with tert-alkyl or cyclic N) is 1. The Bertz CT molecular complexity index is 766. The molecule has 1 amide bonds. The van der Waals surface area contributed by atoms with E-state index >= 15 is 0 Å². The number of piperidine rings is 1. The van der Waals surface area contributed by atoms with Gasteiger partial charge in [-0.1, -0.05) is 42.5 Å². The topological polar surface area (TPSA) is 82.0 Å². The number of nitrogens with one attached hydrogen (secondary N) is 1. The number of para-hydroxylation sites is 1. The zero-order valence-electron chi connectivity index (χ0n) is 16.8. The number of benzene rings is 2. The molecule has 2 aromatic rings. The van der Waals surface area contributed by atoms with E-state index in [1.807, 2.05) is 66.4 Å². The SMILES string of the molecule is C[C@H](NC(=O)[C@H]1CC[C@H](O)CN1CCOc1ccccc1)c1ccc(CO)cc1. The average molecular weight is 399 g/mol. The molecular formula is C23H30N2O4. The quantitative estimate of drug-likeness (QED) is 0.635. The van der Waals surface area contributed by atoms with Gasteiger partial charge in [0.25, 0.3) is 0 Å². The van der Waals surface area contributed by atoms with Crippen molar-refractivity contribution in [3.05, 3.63) is 65.7 Å². The van der Waals surface area contributed by atoms with Crippen LogP contribution in [0, 0.1) is 0 Å². The molecule has 1 saturated heterocycles. The maximum Gasteiger partial charge on any atom is 0.237 e. The third-order valence-electron chi connectivity index (χ3n) is 5.37. The molecule has 0 spiro atoms. The summed E-state index contributed by atoms with van der Waals surface area (Å²) in [6.45, 7) is 3.45. The van der Waals surface area contributed by atoms with Crippen molar-refractivity contribution in [2.45, 2.75) is 44.6 Å². The van der Waals surface area contributed by atoms with Crippen molar-refractivity contribution in [3.63, 3.8) is 0 Å². The lowest BCUT2D eigenvalue weighted by molar-refractivity contribution is -0.130. The third kappa shape index (κ3) is 6.03. The van der Waals surface area contributed by atoms with E-state index in [9.17, 15) is 15.0 Å². The number of likely N-dealkylation sites (tertiary alicyclic amines) is 1. The smallest absolute Gasteiger partial charge is 0.237 e. The van der Waals surface area contributed by atoms with E-state index in [4.69, 9.17) is 4.74 Å². The monoisotopic (exact) mass is 398 g/mol. The van der Waals surface area contributed by atoms with Gasteiger partial charge in [-0.25, -0.2) is 0 Å². The highest BCUT2D eigenvalue weighted by Gasteiger charge is 2.32. The molecule has 0 radical (unpaired) electrons. The average Bonchev–Trinajstić information content (AvgIpc) is 2.74. The number of hydrogen-bond donors (Lipinski definition) is 3. The Hall–Kier alpha value is -2.41. The van der Waals surface area contributed by atoms with Crippen molar-refractivity contribution < 1.29 is 19.7 Å². The minimum absolute atomic E-state index is 0.00539. The molecule has 3 N–H and O–H groups in total. The van der Waals surface area contributed by atoms with Gasteiger partial charge in [-0.3, -0.25) is 9.69 Å². The molecule has 0 saturated carbocycles. The van der Waals surface area contributed by atoms with Crippen molar-refractivity contribution in [2.75, 3.05) is 19.7 Å². The van der Waals surface area contributed by atoms with E-state index in [0.29, 0.717) is 32.5 Å². The number of carbonyl (C=O) groups excluding carboxylic acids is 1. The second-order valence-electron chi connectivity index (χ2n) is 7.53. The van der Waals surface area contributed by atoms with Crippen LogP contribution in [0.1, 0.15) is 36.9 Å². The van der Waals surface area contributed by atoms with Gasteiger partial charge in [-0.05, 0) is 43.0 Å². The number of hydrogen-bond acceptors (Lipinski definition) is 5. The minimum Gasteiger partial charge on any atom is -0.492 e. The van der Waals surface area contributed by atoms with Crippen LogP contribution in [0.25, 0.3) is 0 Å². The number of aliphatic hydroxyl groups excluding tert-OH is 2. The molecule has 1 fully saturated rings. The number of aliphatic hydroxyl groups is 2. The summed E-state index contributed by atoms with van der Waals surface area (Å²) in [5, 5.41) is 22.3. The molecule has 3 rings (SSSR count). The molecular weight excluding hydrogens is 368 g/mol. The number of carbonyl (C=O) groups is 1. The van der Waals surface area contributed by atoms with Crippen molar-refractivity contribution >= 4 is 5.91 Å². The molecule has 1 heterocycles. The van der Waals surface area contributed by atoms with E-state index in [-0.39, 0.29) is 24.6 Å². The highest BCUT2D eigenvalue weighted by molar-refractivity contribution is 5.82. The lowest BCUT2D eigenvalue weighted by atomic mass is 9.98. The van der Waals surface area contributed by atoms with Crippen LogP contribution in [0.15, 0.2) is 54.6 Å². The number of amides is 1. The van der Waals surface area contributed by atoms with Crippen molar-refractivity contribution in [1.82, 2.24) is 10.2 Å². The van der Waals surface area contributed by atoms with Gasteiger partial charge in [0.1, 0.15) is 12.4 Å². The van der Waals surface area contributed by atoms with Crippen LogP contribution in [-0.2, 0) is 11.4 Å².